The van der Waals surface area contributed by atoms with Crippen LogP contribution in [-0.2, 0) is 0 Å². The van der Waals surface area contributed by atoms with E-state index in [9.17, 15) is 0 Å². The molecule has 88 valence electrons. The maximum Gasteiger partial charge on any atom is 0.0586 e. The zero-order valence-corrected chi connectivity index (χ0v) is 10.4. The Morgan fingerprint density at radius 1 is 1.29 bits per heavy atom. The lowest BCUT2D eigenvalue weighted by atomic mass is 10.1. The third-order valence-corrected chi connectivity index (χ3v) is 2.50. The van der Waals surface area contributed by atoms with E-state index < -0.39 is 0 Å². The molecular formula is C9H22Cl2N2O. The van der Waals surface area contributed by atoms with Crippen LogP contribution in [0.1, 0.15) is 19.8 Å². The molecule has 1 aliphatic heterocycles. The highest BCUT2D eigenvalue weighted by Gasteiger charge is 2.18. The summed E-state index contributed by atoms with van der Waals surface area (Å²) in [5, 5.41) is 12.5. The predicted octanol–water partition coefficient (Wildman–Crippen LogP) is 0.896. The van der Waals surface area contributed by atoms with E-state index in [-0.39, 0.29) is 24.8 Å². The standard InChI is InChI=1S/C9H20N2O.2ClH/c1-2-3-9(8-12)11-6-4-10-5-7-11;;/h9-10,12H,2-8H2,1H3;2*1H. The minimum Gasteiger partial charge on any atom is -0.395 e. The molecule has 0 bridgehead atoms. The molecule has 0 spiro atoms. The van der Waals surface area contributed by atoms with Crippen LogP contribution in [0, 0.1) is 0 Å². The van der Waals surface area contributed by atoms with Crippen LogP contribution >= 0.6 is 24.8 Å². The maximum atomic E-state index is 9.15. The number of aliphatic hydroxyl groups excluding tert-OH is 1. The molecule has 1 saturated heterocycles. The molecular weight excluding hydrogens is 223 g/mol. The van der Waals surface area contributed by atoms with Crippen LogP contribution in [0.3, 0.4) is 0 Å². The summed E-state index contributed by atoms with van der Waals surface area (Å²) in [4.78, 5) is 2.39. The van der Waals surface area contributed by atoms with Crippen molar-refractivity contribution in [1.29, 1.82) is 0 Å². The Kier molecular flexibility index (Phi) is 12.0. The van der Waals surface area contributed by atoms with Gasteiger partial charge in [-0.1, -0.05) is 13.3 Å². The monoisotopic (exact) mass is 244 g/mol. The summed E-state index contributed by atoms with van der Waals surface area (Å²) in [6.45, 7) is 6.80. The molecule has 1 fully saturated rings. The van der Waals surface area contributed by atoms with Crippen LogP contribution in [0.15, 0.2) is 0 Å². The van der Waals surface area contributed by atoms with Gasteiger partial charge in [-0.25, -0.2) is 0 Å². The van der Waals surface area contributed by atoms with Gasteiger partial charge in [0, 0.05) is 32.2 Å². The van der Waals surface area contributed by atoms with Gasteiger partial charge in [0.1, 0.15) is 0 Å². The number of piperazine rings is 1. The largest absolute Gasteiger partial charge is 0.395 e. The van der Waals surface area contributed by atoms with Gasteiger partial charge in [0.05, 0.1) is 6.61 Å². The number of aliphatic hydroxyl groups is 1. The van der Waals surface area contributed by atoms with Gasteiger partial charge in [-0.2, -0.15) is 0 Å². The zero-order chi connectivity index (χ0) is 8.81. The van der Waals surface area contributed by atoms with Crippen molar-refractivity contribution in [3.05, 3.63) is 0 Å². The third kappa shape index (κ3) is 5.37. The fourth-order valence-electron chi connectivity index (χ4n) is 1.77. The summed E-state index contributed by atoms with van der Waals surface area (Å²) in [5.74, 6) is 0. The van der Waals surface area contributed by atoms with E-state index in [2.05, 4.69) is 17.1 Å². The molecule has 1 aliphatic rings. The van der Waals surface area contributed by atoms with Crippen LogP contribution in [0.2, 0.25) is 0 Å². The van der Waals surface area contributed by atoms with E-state index in [1.54, 1.807) is 0 Å². The van der Waals surface area contributed by atoms with E-state index in [0.717, 1.165) is 39.0 Å². The maximum absolute atomic E-state index is 9.15. The van der Waals surface area contributed by atoms with E-state index in [0.29, 0.717) is 12.6 Å². The Morgan fingerprint density at radius 3 is 2.29 bits per heavy atom. The van der Waals surface area contributed by atoms with Gasteiger partial charge in [-0.15, -0.1) is 24.8 Å². The third-order valence-electron chi connectivity index (χ3n) is 2.50. The van der Waals surface area contributed by atoms with Crippen molar-refractivity contribution in [3.63, 3.8) is 0 Å². The molecule has 0 aromatic heterocycles. The van der Waals surface area contributed by atoms with Crippen molar-refractivity contribution in [2.24, 2.45) is 0 Å². The quantitative estimate of drug-likeness (QED) is 0.772. The van der Waals surface area contributed by atoms with E-state index in [1.807, 2.05) is 0 Å². The number of rotatable bonds is 4. The fraction of sp³-hybridized carbons (Fsp3) is 1.00. The molecule has 0 aliphatic carbocycles. The normalized spacial score (nSPS) is 19.3. The van der Waals surface area contributed by atoms with Gasteiger partial charge in [-0.05, 0) is 6.42 Å². The fourth-order valence-corrected chi connectivity index (χ4v) is 1.77. The second kappa shape index (κ2) is 9.99. The van der Waals surface area contributed by atoms with Gasteiger partial charge in [0.2, 0.25) is 0 Å². The number of nitrogens with one attached hydrogen (secondary N) is 1. The topological polar surface area (TPSA) is 35.5 Å². The first-order chi connectivity index (χ1) is 5.88. The van der Waals surface area contributed by atoms with Crippen molar-refractivity contribution < 1.29 is 5.11 Å². The summed E-state index contributed by atoms with van der Waals surface area (Å²) in [6.07, 6.45) is 2.28. The molecule has 1 unspecified atom stereocenters. The lowest BCUT2D eigenvalue weighted by molar-refractivity contribution is 0.104. The SMILES string of the molecule is CCCC(CO)N1CCNCC1.Cl.Cl. The van der Waals surface area contributed by atoms with Gasteiger partial charge in [-0.3, -0.25) is 4.90 Å². The first kappa shape index (κ1) is 16.9. The minimum atomic E-state index is 0. The Morgan fingerprint density at radius 2 is 1.86 bits per heavy atom. The second-order valence-electron chi connectivity index (χ2n) is 3.41. The summed E-state index contributed by atoms with van der Waals surface area (Å²) in [7, 11) is 0. The van der Waals surface area contributed by atoms with Gasteiger partial charge in [0.15, 0.2) is 0 Å². The van der Waals surface area contributed by atoms with Crippen molar-refractivity contribution in [2.75, 3.05) is 32.8 Å². The Hall–Kier alpha value is 0.460. The Labute approximate surface area is 99.1 Å². The van der Waals surface area contributed by atoms with Gasteiger partial charge >= 0.3 is 0 Å². The predicted molar refractivity (Wildman–Crippen MR) is 64.7 cm³/mol. The highest BCUT2D eigenvalue weighted by atomic mass is 35.5. The lowest BCUT2D eigenvalue weighted by Crippen LogP contribution is -2.49. The molecule has 0 aromatic rings. The van der Waals surface area contributed by atoms with E-state index in [1.165, 1.54) is 0 Å². The van der Waals surface area contributed by atoms with Crippen molar-refractivity contribution >= 4 is 24.8 Å². The molecule has 5 heteroatoms. The second-order valence-corrected chi connectivity index (χ2v) is 3.41. The summed E-state index contributed by atoms with van der Waals surface area (Å²) in [5.41, 5.74) is 0. The molecule has 1 atom stereocenters. The highest BCUT2D eigenvalue weighted by molar-refractivity contribution is 5.85. The molecule has 0 radical (unpaired) electrons. The molecule has 3 nitrogen and oxygen atoms in total. The lowest BCUT2D eigenvalue weighted by Gasteiger charge is -2.33. The number of hydrogen-bond donors (Lipinski definition) is 2. The van der Waals surface area contributed by atoms with Gasteiger partial charge < -0.3 is 10.4 Å². The number of hydrogen-bond acceptors (Lipinski definition) is 3. The molecule has 1 rings (SSSR count). The number of halogens is 2. The minimum absolute atomic E-state index is 0. The zero-order valence-electron chi connectivity index (χ0n) is 8.74. The molecule has 0 saturated carbocycles. The highest BCUT2D eigenvalue weighted by Crippen LogP contribution is 2.06. The van der Waals surface area contributed by atoms with Crippen molar-refractivity contribution in [1.82, 2.24) is 10.2 Å². The number of nitrogens with zero attached hydrogens (tertiary/aromatic N) is 1. The average molecular weight is 245 g/mol. The van der Waals surface area contributed by atoms with Crippen molar-refractivity contribution in [2.45, 2.75) is 25.8 Å². The molecule has 1 heterocycles. The van der Waals surface area contributed by atoms with E-state index in [4.69, 9.17) is 5.11 Å². The smallest absolute Gasteiger partial charge is 0.0586 e. The van der Waals surface area contributed by atoms with Crippen LogP contribution < -0.4 is 5.32 Å². The first-order valence-corrected chi connectivity index (χ1v) is 4.94. The summed E-state index contributed by atoms with van der Waals surface area (Å²) < 4.78 is 0. The Balaban J connectivity index is 0. The van der Waals surface area contributed by atoms with Gasteiger partial charge in [0.25, 0.3) is 0 Å². The molecule has 14 heavy (non-hydrogen) atoms. The molecule has 0 amide bonds. The van der Waals surface area contributed by atoms with E-state index >= 15 is 0 Å². The van der Waals surface area contributed by atoms with Crippen LogP contribution in [0.4, 0.5) is 0 Å². The molecule has 2 N–H and O–H groups in total. The molecule has 0 aromatic carbocycles. The average Bonchev–Trinajstić information content (AvgIpc) is 2.15. The first-order valence-electron chi connectivity index (χ1n) is 4.94. The van der Waals surface area contributed by atoms with Crippen LogP contribution in [-0.4, -0.2) is 48.8 Å². The Bertz CT molecular complexity index is 119. The van der Waals surface area contributed by atoms with Crippen LogP contribution in [0.25, 0.3) is 0 Å². The summed E-state index contributed by atoms with van der Waals surface area (Å²) in [6, 6.07) is 0.400. The van der Waals surface area contributed by atoms with Crippen LogP contribution in [0.5, 0.6) is 0 Å². The van der Waals surface area contributed by atoms with Crippen molar-refractivity contribution in [3.8, 4) is 0 Å². The summed E-state index contributed by atoms with van der Waals surface area (Å²) >= 11 is 0.